The number of benzene rings is 12. The van der Waals surface area contributed by atoms with E-state index in [9.17, 15) is 38.4 Å². The molecule has 742 valence electrons. The minimum atomic E-state index is -0.228. The molecule has 28 rings (SSSR count). The lowest BCUT2D eigenvalue weighted by atomic mass is 9.53. The van der Waals surface area contributed by atoms with Crippen LogP contribution in [-0.4, -0.2) is 125 Å². The summed E-state index contributed by atoms with van der Waals surface area (Å²) in [5.41, 5.74) is 17.4. The van der Waals surface area contributed by atoms with Crippen LogP contribution in [0.15, 0.2) is 273 Å². The number of carbonyl (C=O) groups excluding carboxylic acids is 8. The molecule has 4 heterocycles. The fourth-order valence-corrected chi connectivity index (χ4v) is 25.9. The van der Waals surface area contributed by atoms with E-state index in [-0.39, 0.29) is 52.8 Å². The number of anilines is 4. The van der Waals surface area contributed by atoms with Crippen LogP contribution in [0.25, 0.3) is 89.7 Å². The number of aromatic nitrogens is 8. The van der Waals surface area contributed by atoms with Crippen molar-refractivity contribution in [3.63, 3.8) is 0 Å². The molecule has 4 aromatic heterocycles. The highest BCUT2D eigenvalue weighted by atomic mass is 35.5. The molecule has 12 bridgehead atoms. The van der Waals surface area contributed by atoms with Crippen molar-refractivity contribution in [2.45, 2.75) is 146 Å². The van der Waals surface area contributed by atoms with Gasteiger partial charge >= 0.3 is 0 Å². The molecule has 0 saturated heterocycles. The summed E-state index contributed by atoms with van der Waals surface area (Å²) in [6.07, 6.45) is 24.2. The van der Waals surface area contributed by atoms with Crippen LogP contribution in [-0.2, 0) is 0 Å². The van der Waals surface area contributed by atoms with Gasteiger partial charge in [0.15, 0.2) is 0 Å². The summed E-state index contributed by atoms with van der Waals surface area (Å²) < 4.78 is 10.3. The monoisotopic (exact) mass is 1970 g/mol. The van der Waals surface area contributed by atoms with Crippen molar-refractivity contribution in [3.05, 3.63) is 323 Å². The highest BCUT2D eigenvalue weighted by molar-refractivity contribution is 6.30. The Balaban J connectivity index is 0.000000108. The molecule has 0 aliphatic heterocycles. The number of hydrogen-bond donors (Lipinski definition) is 12. The third-order valence-electron chi connectivity index (χ3n) is 32.5. The number of nitrogens with zero attached hydrogens (tertiary/aromatic N) is 4. The standard InChI is InChI=1S/2C32H36N4O2.C28H21ClN4O3.C28H22N4O3/c37-30(35-27-13-18-1-2-24(27)12-18)25-7-8-26-28(14-25)34-29(33-26)22-3-5-23(6-4-22)31(38)36-32-15-19-9-20(16-32)11-21(10-19)17-32;37-31(36-29-24-11-18-9-19(13-24)14-25(29)12-18)21-5-3-20(4-6-21)30-33-26-8-7-23(16-28(26)34-30)32(38)35-27-15-17-1-2-22(27)10-17;1-36-23-13-11-22(12-14-23)31-28(35)19-6-15-24-25(16-19)33-26(32-24)17-2-4-18(5-3-17)27(34)30-21-9-7-20(29)8-10-21;1-35-23-14-12-22(13-15-23)30-28(34)20-11-16-24-25(17-20)32-26(31-24)18-7-9-19(10-8-18)27(33)29-21-5-3-2-4-6-21/h3-8,14,18-21,24,27H,1-2,9-13,15-17H2,(H,33,34)(H,35,37)(H,36,38);3-8,16-19,22,24-25,27,29H,1-2,9-15H2,(H,33,34)(H,35,38)(H,36,37);2-16H,1H3,(H,30,34)(H,31,35)(H,32,33);2-17H,1H3,(H,29,33)(H,30,34)(H,31,32). The summed E-state index contributed by atoms with van der Waals surface area (Å²) in [4.78, 5) is 135. The zero-order chi connectivity index (χ0) is 100. The molecule has 27 heteroatoms. The number of methoxy groups -OCH3 is 2. The summed E-state index contributed by atoms with van der Waals surface area (Å²) in [6, 6.07) is 83.3. The van der Waals surface area contributed by atoms with E-state index in [1.807, 2.05) is 140 Å². The molecule has 12 aromatic carbocycles. The van der Waals surface area contributed by atoms with Crippen LogP contribution in [0.1, 0.15) is 205 Å². The van der Waals surface area contributed by atoms with Crippen molar-refractivity contribution in [2.24, 2.45) is 65.1 Å². The SMILES string of the molecule is COc1ccc(NC(=O)c2ccc3nc(-c4ccc(C(=O)Nc5ccc(Cl)cc5)cc4)[nH]c3c2)cc1.COc1ccc(NC(=O)c2ccc3nc(-c4ccc(C(=O)Nc5ccccc5)cc4)[nH]c3c2)cc1.O=C(NC1CC2CCC1C2)c1ccc2nc(-c3ccc(C(=O)NC45CC6CC(CC(C6)C4)C5)cc3)[nH]c2c1.O=C(NC1CC2CCC1C2)c1ccc2nc(-c3ccc(C(=O)NC4C5CC6CC(C5)CC4C6)cc3)[nH]c2c1. The Bertz CT molecular complexity index is 7610. The molecule has 6 atom stereocenters. The normalized spacial score (nSPS) is 23.1. The molecule has 0 radical (unpaired) electrons. The number of imidazole rings is 4. The van der Waals surface area contributed by atoms with Crippen LogP contribution in [0.5, 0.6) is 11.5 Å². The minimum Gasteiger partial charge on any atom is -0.497 e. The molecule has 147 heavy (non-hydrogen) atoms. The van der Waals surface area contributed by atoms with Gasteiger partial charge in [0.05, 0.1) is 58.4 Å². The number of amides is 8. The van der Waals surface area contributed by atoms with Crippen molar-refractivity contribution in [1.29, 1.82) is 0 Å². The predicted molar refractivity (Wildman–Crippen MR) is 572 cm³/mol. The number of rotatable bonds is 22. The Morgan fingerprint density at radius 2 is 0.578 bits per heavy atom. The van der Waals surface area contributed by atoms with E-state index in [2.05, 4.69) is 72.4 Å². The number of halogens is 1. The molecule has 12 saturated carbocycles. The van der Waals surface area contributed by atoms with E-state index >= 15 is 0 Å². The largest absolute Gasteiger partial charge is 0.497 e. The van der Waals surface area contributed by atoms with Crippen LogP contribution in [0.2, 0.25) is 5.02 Å². The Morgan fingerprint density at radius 3 is 0.912 bits per heavy atom. The average Bonchev–Trinajstić information content (AvgIpc) is 1.49. The fourth-order valence-electron chi connectivity index (χ4n) is 25.8. The van der Waals surface area contributed by atoms with Crippen LogP contribution in [0.3, 0.4) is 0 Å². The fraction of sp³-hybridized carbons (Fsp3) is 0.300. The van der Waals surface area contributed by atoms with Crippen molar-refractivity contribution >= 4 is 126 Å². The number of H-pyrrole nitrogens is 4. The highest BCUT2D eigenvalue weighted by Crippen LogP contribution is 2.57. The number of para-hydroxylation sites is 1. The van der Waals surface area contributed by atoms with Gasteiger partial charge in [-0.25, -0.2) is 19.9 Å². The molecule has 26 nitrogen and oxygen atoms in total. The number of carbonyl (C=O) groups is 8. The second kappa shape index (κ2) is 40.6. The Hall–Kier alpha value is -15.8. The van der Waals surface area contributed by atoms with Gasteiger partial charge in [-0.1, -0.05) is 91.2 Å². The van der Waals surface area contributed by atoms with E-state index in [1.165, 1.54) is 89.9 Å². The highest BCUT2D eigenvalue weighted by Gasteiger charge is 2.53. The zero-order valence-electron chi connectivity index (χ0n) is 81.7. The lowest BCUT2D eigenvalue weighted by Gasteiger charge is -2.56. The summed E-state index contributed by atoms with van der Waals surface area (Å²) in [7, 11) is 3.19. The molecule has 12 N–H and O–H groups in total. The molecular formula is C120H115ClN16O10. The van der Waals surface area contributed by atoms with Crippen LogP contribution in [0, 0.1) is 65.1 Å². The Labute approximate surface area is 855 Å². The van der Waals surface area contributed by atoms with Gasteiger partial charge in [-0.05, 0) is 381 Å². The van der Waals surface area contributed by atoms with Gasteiger partial charge in [-0.3, -0.25) is 38.4 Å². The molecular weight excluding hydrogens is 1860 g/mol. The van der Waals surface area contributed by atoms with Gasteiger partial charge in [0, 0.05) is 118 Å². The molecule has 12 aliphatic rings. The van der Waals surface area contributed by atoms with E-state index < -0.39 is 0 Å². The zero-order valence-corrected chi connectivity index (χ0v) is 82.5. The first-order chi connectivity index (χ1) is 71.6. The van der Waals surface area contributed by atoms with E-state index in [4.69, 9.17) is 31.0 Å². The smallest absolute Gasteiger partial charge is 0.255 e. The number of ether oxygens (including phenoxy) is 2. The van der Waals surface area contributed by atoms with Gasteiger partial charge < -0.3 is 71.9 Å². The first-order valence-corrected chi connectivity index (χ1v) is 52.0. The number of hydrogen-bond acceptors (Lipinski definition) is 14. The molecule has 8 amide bonds. The minimum absolute atomic E-state index is 0.00925. The van der Waals surface area contributed by atoms with Crippen molar-refractivity contribution in [1.82, 2.24) is 61.1 Å². The third kappa shape index (κ3) is 20.9. The van der Waals surface area contributed by atoms with Gasteiger partial charge in [0.25, 0.3) is 47.3 Å². The second-order valence-electron chi connectivity index (χ2n) is 42.3. The van der Waals surface area contributed by atoms with Crippen LogP contribution in [0.4, 0.5) is 22.7 Å². The first-order valence-electron chi connectivity index (χ1n) is 51.6. The maximum atomic E-state index is 13.2. The van der Waals surface area contributed by atoms with Crippen molar-refractivity contribution in [2.75, 3.05) is 35.5 Å². The topological polar surface area (TPSA) is 366 Å². The molecule has 12 aliphatic carbocycles. The first kappa shape index (κ1) is 94.7. The van der Waals surface area contributed by atoms with Crippen molar-refractivity contribution in [3.8, 4) is 57.1 Å². The van der Waals surface area contributed by atoms with Gasteiger partial charge in [-0.2, -0.15) is 0 Å². The molecule has 16 aromatic rings. The van der Waals surface area contributed by atoms with E-state index in [0.717, 1.165) is 169 Å². The van der Waals surface area contributed by atoms with Crippen LogP contribution >= 0.6 is 11.6 Å². The lowest BCUT2D eigenvalue weighted by molar-refractivity contribution is -0.0167. The average molecular weight is 1980 g/mol. The molecule has 0 spiro atoms. The summed E-state index contributed by atoms with van der Waals surface area (Å²) in [5.74, 6) is 12.0. The van der Waals surface area contributed by atoms with E-state index in [0.29, 0.717) is 120 Å². The Morgan fingerprint density at radius 1 is 0.286 bits per heavy atom. The number of fused-ring (bicyclic) bond motifs is 8. The van der Waals surface area contributed by atoms with E-state index in [1.54, 1.807) is 148 Å². The summed E-state index contributed by atoms with van der Waals surface area (Å²) in [6.45, 7) is 0. The number of nitrogens with one attached hydrogen (secondary N) is 12. The second-order valence-corrected chi connectivity index (χ2v) is 42.8. The third-order valence-corrected chi connectivity index (χ3v) is 32.8. The van der Waals surface area contributed by atoms with Crippen LogP contribution < -0.4 is 52.0 Å². The summed E-state index contributed by atoms with van der Waals surface area (Å²) in [5, 5.41) is 25.5. The quantitative estimate of drug-likeness (QED) is 0.0300. The van der Waals surface area contributed by atoms with Gasteiger partial charge in [-0.15, -0.1) is 0 Å². The van der Waals surface area contributed by atoms with Crippen molar-refractivity contribution < 1.29 is 47.8 Å². The summed E-state index contributed by atoms with van der Waals surface area (Å²) >= 11 is 5.89. The molecule has 6 unspecified atom stereocenters. The number of aromatic amines is 4. The Kier molecular flexibility index (Phi) is 26.2. The maximum absolute atomic E-state index is 13.2. The maximum Gasteiger partial charge on any atom is 0.255 e. The molecule has 12 fully saturated rings. The van der Waals surface area contributed by atoms with Gasteiger partial charge in [0.1, 0.15) is 34.8 Å². The predicted octanol–water partition coefficient (Wildman–Crippen LogP) is 23.7. The van der Waals surface area contributed by atoms with Gasteiger partial charge in [0.2, 0.25) is 0 Å². The lowest BCUT2D eigenvalue weighted by Crippen LogP contribution is -2.59.